The van der Waals surface area contributed by atoms with Crippen LogP contribution in [0.1, 0.15) is 5.56 Å². The number of rotatable bonds is 3. The Kier molecular flexibility index (Phi) is 3.07. The van der Waals surface area contributed by atoms with Gasteiger partial charge < -0.3 is 11.1 Å². The summed E-state index contributed by atoms with van der Waals surface area (Å²) in [6, 6.07) is 22.7. The predicted octanol–water partition coefficient (Wildman–Crippen LogP) is 4.03. The van der Waals surface area contributed by atoms with Crippen molar-refractivity contribution < 1.29 is 0 Å². The molecule has 0 atom stereocenters. The highest BCUT2D eigenvalue weighted by atomic mass is 14.9. The Labute approximate surface area is 112 Å². The summed E-state index contributed by atoms with van der Waals surface area (Å²) in [5.74, 6) is 0. The lowest BCUT2D eigenvalue weighted by atomic mass is 10.0. The zero-order chi connectivity index (χ0) is 13.1. The molecule has 0 aliphatic rings. The molecule has 2 nitrogen and oxygen atoms in total. The zero-order valence-corrected chi connectivity index (χ0v) is 10.6. The van der Waals surface area contributed by atoms with Crippen molar-refractivity contribution in [2.75, 3.05) is 11.1 Å². The average molecular weight is 248 g/mol. The minimum atomic E-state index is 0.788. The van der Waals surface area contributed by atoms with Crippen molar-refractivity contribution in [3.05, 3.63) is 72.3 Å². The minimum Gasteiger partial charge on any atom is -0.399 e. The van der Waals surface area contributed by atoms with Gasteiger partial charge in [0.15, 0.2) is 0 Å². The summed E-state index contributed by atoms with van der Waals surface area (Å²) in [5.41, 5.74) is 8.85. The van der Waals surface area contributed by atoms with Crippen LogP contribution in [0, 0.1) is 0 Å². The molecule has 0 spiro atoms. The molecule has 0 aliphatic heterocycles. The van der Waals surface area contributed by atoms with Gasteiger partial charge >= 0.3 is 0 Å². The highest BCUT2D eigenvalue weighted by Gasteiger charge is 2.00. The molecular weight excluding hydrogens is 232 g/mol. The van der Waals surface area contributed by atoms with Crippen molar-refractivity contribution in [1.82, 2.24) is 0 Å². The van der Waals surface area contributed by atoms with Gasteiger partial charge in [0, 0.05) is 17.9 Å². The van der Waals surface area contributed by atoms with Gasteiger partial charge in [0.2, 0.25) is 0 Å². The molecule has 2 heteroatoms. The molecule has 0 bridgehead atoms. The molecule has 0 radical (unpaired) electrons. The van der Waals surface area contributed by atoms with Crippen molar-refractivity contribution in [3.8, 4) is 0 Å². The van der Waals surface area contributed by atoms with E-state index >= 15 is 0 Å². The first-order chi connectivity index (χ1) is 9.33. The lowest BCUT2D eigenvalue weighted by Crippen LogP contribution is -2.00. The van der Waals surface area contributed by atoms with Crippen LogP contribution >= 0.6 is 0 Å². The molecule has 94 valence electrons. The molecular formula is C17H16N2. The molecule has 3 rings (SSSR count). The van der Waals surface area contributed by atoms with Gasteiger partial charge in [-0.3, -0.25) is 0 Å². The van der Waals surface area contributed by atoms with Gasteiger partial charge in [0.1, 0.15) is 0 Å². The van der Waals surface area contributed by atoms with Gasteiger partial charge in [-0.05, 0) is 40.6 Å². The summed E-state index contributed by atoms with van der Waals surface area (Å²) in [5, 5.41) is 6.00. The van der Waals surface area contributed by atoms with Gasteiger partial charge in [-0.15, -0.1) is 0 Å². The van der Waals surface area contributed by atoms with Crippen LogP contribution < -0.4 is 11.1 Å². The summed E-state index contributed by atoms with van der Waals surface area (Å²) in [6.45, 7) is 0.811. The number of nitrogens with one attached hydrogen (secondary N) is 1. The molecule has 3 N–H and O–H groups in total. The second kappa shape index (κ2) is 5.02. The van der Waals surface area contributed by atoms with Crippen molar-refractivity contribution in [1.29, 1.82) is 0 Å². The highest BCUT2D eigenvalue weighted by Crippen LogP contribution is 2.20. The largest absolute Gasteiger partial charge is 0.399 e. The number of anilines is 2. The van der Waals surface area contributed by atoms with Crippen LogP contribution in [0.4, 0.5) is 11.4 Å². The van der Waals surface area contributed by atoms with Crippen LogP contribution in [-0.4, -0.2) is 0 Å². The zero-order valence-electron chi connectivity index (χ0n) is 10.6. The molecule has 0 saturated carbocycles. The van der Waals surface area contributed by atoms with Gasteiger partial charge in [-0.1, -0.05) is 42.5 Å². The maximum atomic E-state index is 5.68. The fourth-order valence-corrected chi connectivity index (χ4v) is 2.24. The SMILES string of the molecule is Nc1ccc(NCc2cccc3ccccc23)cc1. The highest BCUT2D eigenvalue weighted by molar-refractivity contribution is 5.85. The second-order valence-electron chi connectivity index (χ2n) is 4.61. The molecule has 3 aromatic carbocycles. The molecule has 0 fully saturated rings. The number of nitrogens with two attached hydrogens (primary N) is 1. The van der Waals surface area contributed by atoms with Crippen LogP contribution in [0.25, 0.3) is 10.8 Å². The van der Waals surface area contributed by atoms with E-state index in [2.05, 4.69) is 47.8 Å². The summed E-state index contributed by atoms with van der Waals surface area (Å²) < 4.78 is 0. The lowest BCUT2D eigenvalue weighted by Gasteiger charge is -2.09. The van der Waals surface area contributed by atoms with Gasteiger partial charge in [0.25, 0.3) is 0 Å². The number of fused-ring (bicyclic) bond motifs is 1. The minimum absolute atomic E-state index is 0.788. The molecule has 0 aromatic heterocycles. The van der Waals surface area contributed by atoms with Crippen LogP contribution in [-0.2, 0) is 6.54 Å². The fraction of sp³-hybridized carbons (Fsp3) is 0.0588. The van der Waals surface area contributed by atoms with Crippen LogP contribution in [0.5, 0.6) is 0 Å². The molecule has 0 unspecified atom stereocenters. The van der Waals surface area contributed by atoms with E-state index < -0.39 is 0 Å². The molecule has 0 saturated heterocycles. The molecule has 0 amide bonds. The Bertz CT molecular complexity index is 682. The van der Waals surface area contributed by atoms with Crippen molar-refractivity contribution in [3.63, 3.8) is 0 Å². The number of benzene rings is 3. The van der Waals surface area contributed by atoms with E-state index in [4.69, 9.17) is 5.73 Å². The average Bonchev–Trinajstić information content (AvgIpc) is 2.47. The van der Waals surface area contributed by atoms with Crippen molar-refractivity contribution in [2.45, 2.75) is 6.54 Å². The summed E-state index contributed by atoms with van der Waals surface area (Å²) >= 11 is 0. The number of hydrogen-bond acceptors (Lipinski definition) is 2. The van der Waals surface area contributed by atoms with Crippen LogP contribution in [0.15, 0.2) is 66.7 Å². The second-order valence-corrected chi connectivity index (χ2v) is 4.61. The summed E-state index contributed by atoms with van der Waals surface area (Å²) in [6.07, 6.45) is 0. The quantitative estimate of drug-likeness (QED) is 0.687. The number of hydrogen-bond donors (Lipinski definition) is 2. The van der Waals surface area contributed by atoms with Gasteiger partial charge in [-0.25, -0.2) is 0 Å². The van der Waals surface area contributed by atoms with Crippen LogP contribution in [0.3, 0.4) is 0 Å². The third-order valence-corrected chi connectivity index (χ3v) is 3.27. The molecule has 0 heterocycles. The first-order valence-electron chi connectivity index (χ1n) is 6.39. The normalized spacial score (nSPS) is 10.5. The van der Waals surface area contributed by atoms with Crippen molar-refractivity contribution >= 4 is 22.1 Å². The third kappa shape index (κ3) is 2.52. The van der Waals surface area contributed by atoms with Crippen molar-refractivity contribution in [2.24, 2.45) is 0 Å². The Morgan fingerprint density at radius 2 is 1.53 bits per heavy atom. The Hall–Kier alpha value is -2.48. The van der Waals surface area contributed by atoms with E-state index in [1.54, 1.807) is 0 Å². The smallest absolute Gasteiger partial charge is 0.0406 e. The first-order valence-corrected chi connectivity index (χ1v) is 6.39. The van der Waals surface area contributed by atoms with E-state index in [0.29, 0.717) is 0 Å². The van der Waals surface area contributed by atoms with Gasteiger partial charge in [0.05, 0.1) is 0 Å². The first kappa shape index (κ1) is 11.6. The lowest BCUT2D eigenvalue weighted by molar-refractivity contribution is 1.17. The topological polar surface area (TPSA) is 38.0 Å². The van der Waals surface area contributed by atoms with E-state index in [9.17, 15) is 0 Å². The predicted molar refractivity (Wildman–Crippen MR) is 82.1 cm³/mol. The van der Waals surface area contributed by atoms with E-state index in [0.717, 1.165) is 17.9 Å². The van der Waals surface area contributed by atoms with Gasteiger partial charge in [-0.2, -0.15) is 0 Å². The third-order valence-electron chi connectivity index (χ3n) is 3.27. The monoisotopic (exact) mass is 248 g/mol. The summed E-state index contributed by atoms with van der Waals surface area (Å²) in [7, 11) is 0. The van der Waals surface area contributed by atoms with E-state index in [1.807, 2.05) is 24.3 Å². The Balaban J connectivity index is 1.84. The standard InChI is InChI=1S/C17H16N2/c18-15-8-10-16(11-9-15)19-12-14-6-3-5-13-4-1-2-7-17(13)14/h1-11,19H,12,18H2. The maximum Gasteiger partial charge on any atom is 0.0406 e. The van der Waals surface area contributed by atoms with E-state index in [1.165, 1.54) is 16.3 Å². The Morgan fingerprint density at radius 1 is 0.789 bits per heavy atom. The molecule has 19 heavy (non-hydrogen) atoms. The maximum absolute atomic E-state index is 5.68. The molecule has 0 aliphatic carbocycles. The molecule has 3 aromatic rings. The van der Waals surface area contributed by atoms with E-state index in [-0.39, 0.29) is 0 Å². The Morgan fingerprint density at radius 3 is 2.37 bits per heavy atom. The summed E-state index contributed by atoms with van der Waals surface area (Å²) in [4.78, 5) is 0. The van der Waals surface area contributed by atoms with Crippen LogP contribution in [0.2, 0.25) is 0 Å². The number of nitrogen functional groups attached to an aromatic ring is 1. The fourth-order valence-electron chi connectivity index (χ4n) is 2.24.